The van der Waals surface area contributed by atoms with Crippen LogP contribution in [0.5, 0.6) is 0 Å². The molecule has 0 radical (unpaired) electrons. The van der Waals surface area contributed by atoms with Crippen LogP contribution in [-0.4, -0.2) is 65.0 Å². The summed E-state index contributed by atoms with van der Waals surface area (Å²) in [5.74, 6) is 0.0325. The number of rotatable bonds is 3. The van der Waals surface area contributed by atoms with Crippen molar-refractivity contribution in [1.29, 1.82) is 0 Å². The van der Waals surface area contributed by atoms with Gasteiger partial charge in [0.1, 0.15) is 12.3 Å². The number of carbonyl (C=O) groups is 2. The minimum Gasteiger partial charge on any atom is -0.363 e. The van der Waals surface area contributed by atoms with E-state index in [9.17, 15) is 9.59 Å². The number of amides is 2. The molecule has 3 rings (SSSR count). The van der Waals surface area contributed by atoms with Crippen molar-refractivity contribution in [3.63, 3.8) is 0 Å². The Labute approximate surface area is 129 Å². The number of morpholine rings is 1. The Balaban J connectivity index is 1.62. The average molecular weight is 303 g/mol. The molecule has 2 saturated heterocycles. The summed E-state index contributed by atoms with van der Waals surface area (Å²) in [5.41, 5.74) is 0.299. The van der Waals surface area contributed by atoms with E-state index in [1.54, 1.807) is 23.2 Å². The first-order chi connectivity index (χ1) is 10.6. The SMILES string of the molecule is C=CCN1CC2(CCN(C(=O)c3ccc[nH]3)CC2)OCC1=O. The van der Waals surface area contributed by atoms with Crippen molar-refractivity contribution >= 4 is 11.8 Å². The van der Waals surface area contributed by atoms with Gasteiger partial charge in [-0.2, -0.15) is 0 Å². The molecule has 1 aromatic heterocycles. The number of aromatic nitrogens is 1. The molecule has 0 unspecified atom stereocenters. The second-order valence-corrected chi connectivity index (χ2v) is 5.91. The summed E-state index contributed by atoms with van der Waals surface area (Å²) in [5, 5.41) is 0. The van der Waals surface area contributed by atoms with Crippen molar-refractivity contribution in [2.24, 2.45) is 0 Å². The highest BCUT2D eigenvalue weighted by Crippen LogP contribution is 2.31. The van der Waals surface area contributed by atoms with Crippen LogP contribution >= 0.6 is 0 Å². The highest BCUT2D eigenvalue weighted by atomic mass is 16.5. The smallest absolute Gasteiger partial charge is 0.270 e. The van der Waals surface area contributed by atoms with E-state index in [-0.39, 0.29) is 24.0 Å². The average Bonchev–Trinajstić information content (AvgIpc) is 3.06. The highest BCUT2D eigenvalue weighted by molar-refractivity contribution is 5.92. The van der Waals surface area contributed by atoms with Crippen molar-refractivity contribution in [3.05, 3.63) is 36.7 Å². The molecule has 2 fully saturated rings. The number of piperidine rings is 1. The maximum absolute atomic E-state index is 12.3. The molecule has 2 aliphatic heterocycles. The van der Waals surface area contributed by atoms with Crippen LogP contribution in [0.4, 0.5) is 0 Å². The molecule has 6 nitrogen and oxygen atoms in total. The number of nitrogens with one attached hydrogen (secondary N) is 1. The summed E-state index contributed by atoms with van der Waals surface area (Å²) >= 11 is 0. The molecule has 1 N–H and O–H groups in total. The van der Waals surface area contributed by atoms with Crippen LogP contribution in [0.2, 0.25) is 0 Å². The maximum Gasteiger partial charge on any atom is 0.270 e. The number of hydrogen-bond donors (Lipinski definition) is 1. The number of nitrogens with zero attached hydrogens (tertiary/aromatic N) is 2. The lowest BCUT2D eigenvalue weighted by molar-refractivity contribution is -0.169. The highest BCUT2D eigenvalue weighted by Gasteiger charge is 2.42. The molecule has 118 valence electrons. The molecule has 2 amide bonds. The third-order valence-electron chi connectivity index (χ3n) is 4.47. The number of H-pyrrole nitrogens is 1. The molecule has 1 spiro atoms. The van der Waals surface area contributed by atoms with Gasteiger partial charge in [0, 0.05) is 25.8 Å². The summed E-state index contributed by atoms with van der Waals surface area (Å²) in [4.78, 5) is 30.7. The Morgan fingerprint density at radius 2 is 2.23 bits per heavy atom. The zero-order valence-electron chi connectivity index (χ0n) is 12.6. The van der Waals surface area contributed by atoms with Gasteiger partial charge in [-0.05, 0) is 25.0 Å². The first-order valence-corrected chi connectivity index (χ1v) is 7.59. The van der Waals surface area contributed by atoms with Crippen LogP contribution in [0, 0.1) is 0 Å². The van der Waals surface area contributed by atoms with Crippen LogP contribution in [0.15, 0.2) is 31.0 Å². The van der Waals surface area contributed by atoms with E-state index in [1.807, 2.05) is 11.0 Å². The van der Waals surface area contributed by atoms with Crippen molar-refractivity contribution in [3.8, 4) is 0 Å². The third-order valence-corrected chi connectivity index (χ3v) is 4.47. The quantitative estimate of drug-likeness (QED) is 0.848. The first kappa shape index (κ1) is 14.8. The van der Waals surface area contributed by atoms with E-state index in [1.165, 1.54) is 0 Å². The first-order valence-electron chi connectivity index (χ1n) is 7.59. The van der Waals surface area contributed by atoms with Gasteiger partial charge < -0.3 is 19.5 Å². The molecule has 0 aliphatic carbocycles. The molecular formula is C16H21N3O3. The standard InChI is InChI=1S/C16H21N3O3/c1-2-8-19-12-16(22-11-14(19)20)5-9-18(10-6-16)15(21)13-4-3-7-17-13/h2-4,7,17H,1,5-6,8-12H2. The topological polar surface area (TPSA) is 65.6 Å². The Morgan fingerprint density at radius 3 is 2.86 bits per heavy atom. The summed E-state index contributed by atoms with van der Waals surface area (Å²) in [6.07, 6.45) is 4.99. The zero-order valence-corrected chi connectivity index (χ0v) is 12.6. The number of likely N-dealkylation sites (tertiary alicyclic amines) is 1. The second-order valence-electron chi connectivity index (χ2n) is 5.91. The molecule has 0 bridgehead atoms. The van der Waals surface area contributed by atoms with Crippen LogP contribution in [-0.2, 0) is 9.53 Å². The van der Waals surface area contributed by atoms with Crippen molar-refractivity contribution in [1.82, 2.24) is 14.8 Å². The fourth-order valence-corrected chi connectivity index (χ4v) is 3.16. The predicted molar refractivity (Wildman–Crippen MR) is 81.4 cm³/mol. The molecule has 2 aliphatic rings. The fraction of sp³-hybridized carbons (Fsp3) is 0.500. The summed E-state index contributed by atoms with van der Waals surface area (Å²) < 4.78 is 5.84. The Bertz CT molecular complexity index is 559. The summed E-state index contributed by atoms with van der Waals surface area (Å²) in [6, 6.07) is 3.61. The molecule has 1 aromatic rings. The summed E-state index contributed by atoms with van der Waals surface area (Å²) in [7, 11) is 0. The van der Waals surface area contributed by atoms with Gasteiger partial charge in [-0.3, -0.25) is 9.59 Å². The fourth-order valence-electron chi connectivity index (χ4n) is 3.16. The number of aromatic amines is 1. The van der Waals surface area contributed by atoms with Gasteiger partial charge >= 0.3 is 0 Å². The molecule has 0 atom stereocenters. The van der Waals surface area contributed by atoms with Crippen LogP contribution in [0.3, 0.4) is 0 Å². The molecule has 22 heavy (non-hydrogen) atoms. The number of ether oxygens (including phenoxy) is 1. The van der Waals surface area contributed by atoms with E-state index in [4.69, 9.17) is 4.74 Å². The normalized spacial score (nSPS) is 21.2. The van der Waals surface area contributed by atoms with E-state index in [0.717, 1.165) is 12.8 Å². The van der Waals surface area contributed by atoms with Gasteiger partial charge in [-0.1, -0.05) is 6.08 Å². The van der Waals surface area contributed by atoms with Gasteiger partial charge in [0.15, 0.2) is 0 Å². The predicted octanol–water partition coefficient (Wildman–Crippen LogP) is 1.03. The van der Waals surface area contributed by atoms with Crippen molar-refractivity contribution in [2.75, 3.05) is 32.8 Å². The van der Waals surface area contributed by atoms with Crippen LogP contribution < -0.4 is 0 Å². The summed E-state index contributed by atoms with van der Waals surface area (Å²) in [6.45, 7) is 6.25. The lowest BCUT2D eigenvalue weighted by Crippen LogP contribution is -2.59. The largest absolute Gasteiger partial charge is 0.363 e. The maximum atomic E-state index is 12.3. The van der Waals surface area contributed by atoms with Gasteiger partial charge in [-0.15, -0.1) is 6.58 Å². The second kappa shape index (κ2) is 5.96. The van der Waals surface area contributed by atoms with Gasteiger partial charge in [0.2, 0.25) is 5.91 Å². The van der Waals surface area contributed by atoms with Gasteiger partial charge in [0.05, 0.1) is 12.1 Å². The molecule has 3 heterocycles. The van der Waals surface area contributed by atoms with Crippen LogP contribution in [0.1, 0.15) is 23.3 Å². The van der Waals surface area contributed by atoms with Gasteiger partial charge in [0.25, 0.3) is 5.91 Å². The van der Waals surface area contributed by atoms with Crippen LogP contribution in [0.25, 0.3) is 0 Å². The van der Waals surface area contributed by atoms with E-state index in [2.05, 4.69) is 11.6 Å². The molecule has 6 heteroatoms. The molecule has 0 saturated carbocycles. The minimum atomic E-state index is -0.316. The Morgan fingerprint density at radius 1 is 1.45 bits per heavy atom. The number of carbonyl (C=O) groups excluding carboxylic acids is 2. The molecule has 0 aromatic carbocycles. The number of hydrogen-bond acceptors (Lipinski definition) is 3. The Kier molecular flexibility index (Phi) is 4.02. The Hall–Kier alpha value is -2.08. The zero-order chi connectivity index (χ0) is 15.6. The van der Waals surface area contributed by atoms with E-state index < -0.39 is 0 Å². The molecular weight excluding hydrogens is 282 g/mol. The lowest BCUT2D eigenvalue weighted by Gasteiger charge is -2.46. The van der Waals surface area contributed by atoms with Crippen molar-refractivity contribution in [2.45, 2.75) is 18.4 Å². The van der Waals surface area contributed by atoms with E-state index >= 15 is 0 Å². The lowest BCUT2D eigenvalue weighted by atomic mass is 9.89. The van der Waals surface area contributed by atoms with E-state index in [0.29, 0.717) is 31.9 Å². The monoisotopic (exact) mass is 303 g/mol. The minimum absolute atomic E-state index is 0.00964. The third kappa shape index (κ3) is 2.78. The van der Waals surface area contributed by atoms with Gasteiger partial charge in [-0.25, -0.2) is 0 Å². The van der Waals surface area contributed by atoms with Crippen molar-refractivity contribution < 1.29 is 14.3 Å².